The number of nitrogens with zero attached hydrogens (tertiary/aromatic N) is 3. The summed E-state index contributed by atoms with van der Waals surface area (Å²) in [5.41, 5.74) is 1.34. The molecule has 1 fully saturated rings. The molecule has 0 aliphatic carbocycles. The molecule has 1 aliphatic rings. The number of hydrogen-bond acceptors (Lipinski definition) is 5. The quantitative estimate of drug-likeness (QED) is 0.865. The monoisotopic (exact) mass is 325 g/mol. The van der Waals surface area contributed by atoms with Gasteiger partial charge in [-0.1, -0.05) is 23.9 Å². The molecular weight excluding hydrogens is 310 g/mol. The molecule has 6 heteroatoms. The summed E-state index contributed by atoms with van der Waals surface area (Å²) in [6.45, 7) is 0.648. The summed E-state index contributed by atoms with van der Waals surface area (Å²) in [4.78, 5) is 18.7. The number of hydrogen-bond donors (Lipinski definition) is 0. The highest BCUT2D eigenvalue weighted by Crippen LogP contribution is 2.36. The first-order chi connectivity index (χ1) is 11.2. The first kappa shape index (κ1) is 15.4. The number of pyridine rings is 1. The van der Waals surface area contributed by atoms with Gasteiger partial charge in [-0.2, -0.15) is 5.26 Å². The van der Waals surface area contributed by atoms with E-state index in [0.717, 1.165) is 12.1 Å². The maximum absolute atomic E-state index is 12.7. The second kappa shape index (κ2) is 6.71. The molecule has 1 aliphatic heterocycles. The summed E-state index contributed by atoms with van der Waals surface area (Å²) >= 11 is 1.41. The molecule has 0 saturated carbocycles. The van der Waals surface area contributed by atoms with Crippen LogP contribution in [0.3, 0.4) is 0 Å². The second-order valence-electron chi connectivity index (χ2n) is 5.05. The first-order valence-corrected chi connectivity index (χ1v) is 8.08. The summed E-state index contributed by atoms with van der Waals surface area (Å²) < 4.78 is 5.34. The molecule has 5 nitrogen and oxygen atoms in total. The highest BCUT2D eigenvalue weighted by atomic mass is 32.2. The van der Waals surface area contributed by atoms with Gasteiger partial charge in [0.15, 0.2) is 0 Å². The Morgan fingerprint density at radius 1 is 1.39 bits per heavy atom. The molecule has 1 atom stereocenters. The van der Waals surface area contributed by atoms with Gasteiger partial charge in [-0.3, -0.25) is 4.79 Å². The molecule has 1 aromatic heterocycles. The number of nitriles is 1. The Morgan fingerprint density at radius 3 is 3.00 bits per heavy atom. The molecule has 1 aromatic carbocycles. The van der Waals surface area contributed by atoms with Crippen molar-refractivity contribution in [2.75, 3.05) is 18.6 Å². The average molecular weight is 325 g/mol. The fourth-order valence-electron chi connectivity index (χ4n) is 2.54. The maximum Gasteiger partial charge on any atom is 0.240 e. The van der Waals surface area contributed by atoms with Crippen LogP contribution in [0.15, 0.2) is 47.6 Å². The molecule has 1 amide bonds. The number of rotatable bonds is 4. The van der Waals surface area contributed by atoms with Crippen molar-refractivity contribution in [1.82, 2.24) is 4.98 Å². The van der Waals surface area contributed by atoms with E-state index < -0.39 is 0 Å². The summed E-state index contributed by atoms with van der Waals surface area (Å²) in [5.74, 6) is 0.736. The lowest BCUT2D eigenvalue weighted by atomic mass is 10.2. The van der Waals surface area contributed by atoms with Crippen molar-refractivity contribution in [3.63, 3.8) is 0 Å². The van der Waals surface area contributed by atoms with Gasteiger partial charge in [-0.15, -0.1) is 0 Å². The van der Waals surface area contributed by atoms with E-state index in [1.807, 2.05) is 24.3 Å². The zero-order chi connectivity index (χ0) is 16.2. The van der Waals surface area contributed by atoms with E-state index in [9.17, 15) is 4.79 Å². The molecule has 0 radical (unpaired) electrons. The number of methoxy groups -OCH3 is 1. The van der Waals surface area contributed by atoms with Gasteiger partial charge in [-0.05, 0) is 30.7 Å². The van der Waals surface area contributed by atoms with Crippen LogP contribution in [0.2, 0.25) is 0 Å². The molecule has 1 saturated heterocycles. The van der Waals surface area contributed by atoms with E-state index in [1.165, 1.54) is 11.8 Å². The number of anilines is 1. The Balaban J connectivity index is 1.78. The van der Waals surface area contributed by atoms with Crippen molar-refractivity contribution < 1.29 is 9.53 Å². The second-order valence-corrected chi connectivity index (χ2v) is 6.27. The molecule has 3 rings (SSSR count). The van der Waals surface area contributed by atoms with Crippen LogP contribution < -0.4 is 9.64 Å². The zero-order valence-corrected chi connectivity index (χ0v) is 13.4. The van der Waals surface area contributed by atoms with Gasteiger partial charge >= 0.3 is 0 Å². The van der Waals surface area contributed by atoms with E-state index in [2.05, 4.69) is 11.1 Å². The number of benzene rings is 1. The predicted molar refractivity (Wildman–Crippen MR) is 88.6 cm³/mol. The van der Waals surface area contributed by atoms with Crippen LogP contribution in [0.5, 0.6) is 5.75 Å². The maximum atomic E-state index is 12.7. The molecule has 23 heavy (non-hydrogen) atoms. The van der Waals surface area contributed by atoms with E-state index in [-0.39, 0.29) is 11.2 Å². The third-order valence-electron chi connectivity index (χ3n) is 3.66. The standard InChI is InChI=1S/C17H15N3O2S/c1-22-14-5-3-2-4-13(14)20-9-7-15(17(20)21)23-16-10-12(11-18)6-8-19-16/h2-6,8,10,15H,7,9H2,1H3/t15-/m0/s1. The van der Waals surface area contributed by atoms with Crippen molar-refractivity contribution in [3.05, 3.63) is 48.2 Å². The first-order valence-electron chi connectivity index (χ1n) is 7.20. The van der Waals surface area contributed by atoms with E-state index in [4.69, 9.17) is 10.00 Å². The van der Waals surface area contributed by atoms with Gasteiger partial charge < -0.3 is 9.64 Å². The van der Waals surface area contributed by atoms with Gasteiger partial charge in [0.2, 0.25) is 5.91 Å². The molecule has 2 aromatic rings. The summed E-state index contributed by atoms with van der Waals surface area (Å²) in [6, 6.07) is 13.0. The van der Waals surface area contributed by atoms with Crippen LogP contribution >= 0.6 is 11.8 Å². The van der Waals surface area contributed by atoms with Crippen molar-refractivity contribution in [2.45, 2.75) is 16.7 Å². The molecule has 2 heterocycles. The zero-order valence-electron chi connectivity index (χ0n) is 12.6. The fourth-order valence-corrected chi connectivity index (χ4v) is 3.60. The lowest BCUT2D eigenvalue weighted by molar-refractivity contribution is -0.116. The van der Waals surface area contributed by atoms with Gasteiger partial charge in [0.25, 0.3) is 0 Å². The van der Waals surface area contributed by atoms with E-state index >= 15 is 0 Å². The molecule has 0 unspecified atom stereocenters. The normalized spacial score (nSPS) is 17.1. The molecule has 116 valence electrons. The topological polar surface area (TPSA) is 66.2 Å². The van der Waals surface area contributed by atoms with Crippen molar-refractivity contribution in [3.8, 4) is 11.8 Å². The number of carbonyl (C=O) groups excluding carboxylic acids is 1. The predicted octanol–water partition coefficient (Wildman–Crippen LogP) is 2.86. The Bertz CT molecular complexity index is 772. The van der Waals surface area contributed by atoms with Gasteiger partial charge in [0.05, 0.1) is 34.7 Å². The average Bonchev–Trinajstić information content (AvgIpc) is 2.95. The Hall–Kier alpha value is -2.52. The number of thioether (sulfide) groups is 1. The number of carbonyl (C=O) groups is 1. The SMILES string of the molecule is COc1ccccc1N1CC[C@H](Sc2cc(C#N)ccn2)C1=O. The van der Waals surface area contributed by atoms with Crippen molar-refractivity contribution in [2.24, 2.45) is 0 Å². The summed E-state index contributed by atoms with van der Waals surface area (Å²) in [5, 5.41) is 9.45. The lowest BCUT2D eigenvalue weighted by Gasteiger charge is -2.19. The summed E-state index contributed by atoms with van der Waals surface area (Å²) in [7, 11) is 1.60. The van der Waals surface area contributed by atoms with Crippen LogP contribution in [0.1, 0.15) is 12.0 Å². The van der Waals surface area contributed by atoms with Crippen LogP contribution in [0.4, 0.5) is 5.69 Å². The van der Waals surface area contributed by atoms with Crippen LogP contribution in [0.25, 0.3) is 0 Å². The molecular formula is C17H15N3O2S. The van der Waals surface area contributed by atoms with Crippen molar-refractivity contribution >= 4 is 23.4 Å². The number of ether oxygens (including phenoxy) is 1. The Kier molecular flexibility index (Phi) is 4.49. The van der Waals surface area contributed by atoms with Gasteiger partial charge in [-0.25, -0.2) is 4.98 Å². The number of amides is 1. The Labute approximate surface area is 138 Å². The molecule has 0 bridgehead atoms. The van der Waals surface area contributed by atoms with E-state index in [1.54, 1.807) is 30.3 Å². The molecule has 0 N–H and O–H groups in total. The van der Waals surface area contributed by atoms with Crippen LogP contribution in [-0.4, -0.2) is 29.8 Å². The van der Waals surface area contributed by atoms with Crippen LogP contribution in [-0.2, 0) is 4.79 Å². The van der Waals surface area contributed by atoms with Crippen molar-refractivity contribution in [1.29, 1.82) is 5.26 Å². The number of aromatic nitrogens is 1. The van der Waals surface area contributed by atoms with Gasteiger partial charge in [0.1, 0.15) is 5.75 Å². The minimum absolute atomic E-state index is 0.0451. The summed E-state index contributed by atoms with van der Waals surface area (Å²) in [6.07, 6.45) is 2.33. The van der Waals surface area contributed by atoms with Crippen LogP contribution in [0, 0.1) is 11.3 Å². The minimum Gasteiger partial charge on any atom is -0.495 e. The fraction of sp³-hybridized carbons (Fsp3) is 0.235. The molecule has 0 spiro atoms. The highest BCUT2D eigenvalue weighted by Gasteiger charge is 2.34. The highest BCUT2D eigenvalue weighted by molar-refractivity contribution is 8.00. The van der Waals surface area contributed by atoms with E-state index in [0.29, 0.717) is 22.9 Å². The Morgan fingerprint density at radius 2 is 2.22 bits per heavy atom. The minimum atomic E-state index is -0.193. The largest absolute Gasteiger partial charge is 0.495 e. The van der Waals surface area contributed by atoms with Gasteiger partial charge in [0, 0.05) is 12.7 Å². The third-order valence-corrected chi connectivity index (χ3v) is 4.85. The number of para-hydroxylation sites is 2. The third kappa shape index (κ3) is 3.15. The smallest absolute Gasteiger partial charge is 0.240 e. The lowest BCUT2D eigenvalue weighted by Crippen LogP contribution is -2.28.